The average molecular weight is 345 g/mol. The first-order chi connectivity index (χ1) is 11.9. The van der Waals surface area contributed by atoms with Gasteiger partial charge in [-0.2, -0.15) is 0 Å². The number of ether oxygens (including phenoxy) is 2. The standard InChI is InChI=1S/C18H19NO6/c1-11-4-5-12(9-16(11)19(22)23)8-15(18(20)21)14-10-13(24-2)6-7-17(14)25-3/h4-7,9-10,15H,8H2,1-3H3,(H,20,21). The smallest absolute Gasteiger partial charge is 0.311 e. The number of carboxylic acid groups (broad SMARTS) is 1. The van der Waals surface area contributed by atoms with Crippen LogP contribution in [0.4, 0.5) is 5.69 Å². The third kappa shape index (κ3) is 4.06. The Balaban J connectivity index is 2.45. The molecule has 0 aliphatic heterocycles. The Kier molecular flexibility index (Phi) is 5.59. The molecular weight excluding hydrogens is 326 g/mol. The van der Waals surface area contributed by atoms with E-state index in [-0.39, 0.29) is 12.1 Å². The summed E-state index contributed by atoms with van der Waals surface area (Å²) in [4.78, 5) is 22.5. The predicted molar refractivity (Wildman–Crippen MR) is 91.5 cm³/mol. The summed E-state index contributed by atoms with van der Waals surface area (Å²) < 4.78 is 10.4. The van der Waals surface area contributed by atoms with Crippen molar-refractivity contribution in [1.82, 2.24) is 0 Å². The number of aryl methyl sites for hydroxylation is 1. The highest BCUT2D eigenvalue weighted by molar-refractivity contribution is 5.78. The van der Waals surface area contributed by atoms with Crippen molar-refractivity contribution < 1.29 is 24.3 Å². The Morgan fingerprint density at radius 1 is 1.20 bits per heavy atom. The predicted octanol–water partition coefficient (Wildman–Crippen LogP) is 3.33. The van der Waals surface area contributed by atoms with Crippen molar-refractivity contribution in [3.63, 3.8) is 0 Å². The highest BCUT2D eigenvalue weighted by Gasteiger charge is 2.25. The Hall–Kier alpha value is -3.09. The number of rotatable bonds is 7. The summed E-state index contributed by atoms with van der Waals surface area (Å²) in [6.45, 7) is 1.64. The second kappa shape index (κ2) is 7.65. The summed E-state index contributed by atoms with van der Waals surface area (Å²) in [7, 11) is 2.95. The first kappa shape index (κ1) is 18.3. The van der Waals surface area contributed by atoms with Gasteiger partial charge in [0.05, 0.1) is 25.1 Å². The fraction of sp³-hybridized carbons (Fsp3) is 0.278. The van der Waals surface area contributed by atoms with Gasteiger partial charge in [-0.25, -0.2) is 0 Å². The van der Waals surface area contributed by atoms with E-state index in [4.69, 9.17) is 9.47 Å². The number of hydrogen-bond donors (Lipinski definition) is 1. The van der Waals surface area contributed by atoms with Gasteiger partial charge in [0, 0.05) is 17.2 Å². The number of nitro benzene ring substituents is 1. The normalized spacial score (nSPS) is 11.6. The number of carbonyl (C=O) groups is 1. The third-order valence-corrected chi connectivity index (χ3v) is 4.02. The lowest BCUT2D eigenvalue weighted by Crippen LogP contribution is -2.16. The number of hydrogen-bond acceptors (Lipinski definition) is 5. The quantitative estimate of drug-likeness (QED) is 0.610. The van der Waals surface area contributed by atoms with E-state index in [0.717, 1.165) is 0 Å². The topological polar surface area (TPSA) is 98.9 Å². The molecule has 0 bridgehead atoms. The average Bonchev–Trinajstić information content (AvgIpc) is 2.59. The molecule has 0 radical (unpaired) electrons. The molecule has 0 aliphatic carbocycles. The maximum Gasteiger partial charge on any atom is 0.311 e. The second-order valence-electron chi connectivity index (χ2n) is 5.58. The van der Waals surface area contributed by atoms with E-state index in [0.29, 0.717) is 28.2 Å². The van der Waals surface area contributed by atoms with Crippen molar-refractivity contribution in [2.75, 3.05) is 14.2 Å². The van der Waals surface area contributed by atoms with E-state index in [1.807, 2.05) is 0 Å². The summed E-state index contributed by atoms with van der Waals surface area (Å²) in [6.07, 6.45) is 0.0972. The minimum atomic E-state index is -1.05. The summed E-state index contributed by atoms with van der Waals surface area (Å²) in [5.74, 6) is -1.03. The molecule has 0 amide bonds. The Bertz CT molecular complexity index is 802. The van der Waals surface area contributed by atoms with Crippen LogP contribution in [0.3, 0.4) is 0 Å². The molecule has 132 valence electrons. The minimum Gasteiger partial charge on any atom is -0.497 e. The van der Waals surface area contributed by atoms with Crippen molar-refractivity contribution in [2.45, 2.75) is 19.3 Å². The van der Waals surface area contributed by atoms with Gasteiger partial charge in [0.25, 0.3) is 5.69 Å². The van der Waals surface area contributed by atoms with Crippen LogP contribution in [0.25, 0.3) is 0 Å². The molecule has 7 heteroatoms. The van der Waals surface area contributed by atoms with Gasteiger partial charge in [-0.3, -0.25) is 14.9 Å². The number of benzene rings is 2. The van der Waals surface area contributed by atoms with Crippen molar-refractivity contribution in [2.24, 2.45) is 0 Å². The van der Waals surface area contributed by atoms with E-state index >= 15 is 0 Å². The summed E-state index contributed by atoms with van der Waals surface area (Å²) in [5.41, 5.74) is 1.52. The molecule has 0 saturated carbocycles. The van der Waals surface area contributed by atoms with E-state index in [1.165, 1.54) is 20.3 Å². The number of aliphatic carboxylic acids is 1. The Morgan fingerprint density at radius 3 is 2.48 bits per heavy atom. The van der Waals surface area contributed by atoms with Crippen LogP contribution in [0.15, 0.2) is 36.4 Å². The molecule has 1 atom stereocenters. The zero-order valence-electron chi connectivity index (χ0n) is 14.2. The summed E-state index contributed by atoms with van der Waals surface area (Å²) in [5, 5.41) is 20.8. The molecule has 0 fully saturated rings. The van der Waals surface area contributed by atoms with Crippen molar-refractivity contribution in [3.8, 4) is 11.5 Å². The highest BCUT2D eigenvalue weighted by Crippen LogP contribution is 2.33. The molecule has 7 nitrogen and oxygen atoms in total. The Morgan fingerprint density at radius 2 is 1.92 bits per heavy atom. The zero-order chi connectivity index (χ0) is 18.6. The first-order valence-electron chi connectivity index (χ1n) is 7.56. The molecule has 1 unspecified atom stereocenters. The maximum atomic E-state index is 11.8. The molecular formula is C18H19NO6. The third-order valence-electron chi connectivity index (χ3n) is 4.02. The molecule has 2 rings (SSSR count). The number of nitro groups is 1. The second-order valence-corrected chi connectivity index (χ2v) is 5.58. The summed E-state index contributed by atoms with van der Waals surface area (Å²) in [6, 6.07) is 9.66. The van der Waals surface area contributed by atoms with Gasteiger partial charge < -0.3 is 14.6 Å². The first-order valence-corrected chi connectivity index (χ1v) is 7.56. The molecule has 2 aromatic carbocycles. The van der Waals surface area contributed by atoms with Crippen molar-refractivity contribution >= 4 is 11.7 Å². The number of methoxy groups -OCH3 is 2. The van der Waals surface area contributed by atoms with Gasteiger partial charge in [0.15, 0.2) is 0 Å². The van der Waals surface area contributed by atoms with Crippen LogP contribution in [0.2, 0.25) is 0 Å². The van der Waals surface area contributed by atoms with Crippen LogP contribution in [-0.2, 0) is 11.2 Å². The molecule has 0 spiro atoms. The van der Waals surface area contributed by atoms with Gasteiger partial charge >= 0.3 is 5.97 Å². The van der Waals surface area contributed by atoms with Crippen LogP contribution in [0.5, 0.6) is 11.5 Å². The van der Waals surface area contributed by atoms with Crippen molar-refractivity contribution in [1.29, 1.82) is 0 Å². The van der Waals surface area contributed by atoms with E-state index in [1.54, 1.807) is 37.3 Å². The molecule has 0 saturated heterocycles. The van der Waals surface area contributed by atoms with Crippen LogP contribution in [0.1, 0.15) is 22.6 Å². The fourth-order valence-corrected chi connectivity index (χ4v) is 2.66. The van der Waals surface area contributed by atoms with E-state index < -0.39 is 16.8 Å². The van der Waals surface area contributed by atoms with Crippen LogP contribution < -0.4 is 9.47 Å². The van der Waals surface area contributed by atoms with Gasteiger partial charge in [-0.1, -0.05) is 12.1 Å². The molecule has 1 N–H and O–H groups in total. The molecule has 25 heavy (non-hydrogen) atoms. The summed E-state index contributed by atoms with van der Waals surface area (Å²) >= 11 is 0. The number of nitrogens with zero attached hydrogens (tertiary/aromatic N) is 1. The lowest BCUT2D eigenvalue weighted by atomic mass is 9.90. The van der Waals surface area contributed by atoms with Crippen molar-refractivity contribution in [3.05, 3.63) is 63.2 Å². The molecule has 0 aliphatic rings. The zero-order valence-corrected chi connectivity index (χ0v) is 14.2. The minimum absolute atomic E-state index is 0.0285. The van der Waals surface area contributed by atoms with Crippen LogP contribution in [-0.4, -0.2) is 30.2 Å². The van der Waals surface area contributed by atoms with E-state index in [2.05, 4.69) is 0 Å². The largest absolute Gasteiger partial charge is 0.497 e. The van der Waals surface area contributed by atoms with Gasteiger partial charge in [-0.15, -0.1) is 0 Å². The lowest BCUT2D eigenvalue weighted by molar-refractivity contribution is -0.385. The van der Waals surface area contributed by atoms with Crippen LogP contribution >= 0.6 is 0 Å². The van der Waals surface area contributed by atoms with Gasteiger partial charge in [0.2, 0.25) is 0 Å². The monoisotopic (exact) mass is 345 g/mol. The lowest BCUT2D eigenvalue weighted by Gasteiger charge is -2.17. The fourth-order valence-electron chi connectivity index (χ4n) is 2.66. The molecule has 0 aromatic heterocycles. The number of carboxylic acids is 1. The Labute approximate surface area is 145 Å². The molecule has 0 heterocycles. The maximum absolute atomic E-state index is 11.8. The highest BCUT2D eigenvalue weighted by atomic mass is 16.6. The van der Waals surface area contributed by atoms with Crippen LogP contribution in [0, 0.1) is 17.0 Å². The SMILES string of the molecule is COc1ccc(OC)c(C(Cc2ccc(C)c([N+](=O)[O-])c2)C(=O)O)c1. The molecule has 2 aromatic rings. The van der Waals surface area contributed by atoms with E-state index in [9.17, 15) is 20.0 Å². The van der Waals surface area contributed by atoms with Gasteiger partial charge in [-0.05, 0) is 37.1 Å². The van der Waals surface area contributed by atoms with Gasteiger partial charge in [0.1, 0.15) is 11.5 Å².